The van der Waals surface area contributed by atoms with Crippen molar-refractivity contribution in [2.45, 2.75) is 17.7 Å². The van der Waals surface area contributed by atoms with Gasteiger partial charge < -0.3 is 14.2 Å². The van der Waals surface area contributed by atoms with Gasteiger partial charge >= 0.3 is 5.97 Å². The van der Waals surface area contributed by atoms with E-state index >= 15 is 0 Å². The second-order valence-electron chi connectivity index (χ2n) is 6.32. The van der Waals surface area contributed by atoms with Crippen LogP contribution in [0.3, 0.4) is 0 Å². The first-order valence-electron chi connectivity index (χ1n) is 8.90. The Morgan fingerprint density at radius 1 is 1.03 bits per heavy atom. The third-order valence-corrected chi connectivity index (χ3v) is 6.34. The Bertz CT molecular complexity index is 1010. The Morgan fingerprint density at radius 2 is 1.69 bits per heavy atom. The molecule has 0 saturated heterocycles. The van der Waals surface area contributed by atoms with Crippen molar-refractivity contribution in [1.82, 2.24) is 4.31 Å². The first-order chi connectivity index (χ1) is 13.9. The molecule has 2 aromatic carbocycles. The first kappa shape index (κ1) is 20.7. The maximum Gasteiger partial charge on any atom is 0.306 e. The van der Waals surface area contributed by atoms with E-state index in [1.807, 2.05) is 0 Å². The van der Waals surface area contributed by atoms with Gasteiger partial charge in [0.15, 0.2) is 0 Å². The minimum Gasteiger partial charge on any atom is -0.497 e. The summed E-state index contributed by atoms with van der Waals surface area (Å²) in [6, 6.07) is 11.3. The predicted molar refractivity (Wildman–Crippen MR) is 103 cm³/mol. The van der Waals surface area contributed by atoms with Crippen molar-refractivity contribution in [1.29, 1.82) is 0 Å². The number of ether oxygens (including phenoxy) is 3. The molecule has 0 N–H and O–H groups in total. The molecule has 29 heavy (non-hydrogen) atoms. The monoisotopic (exact) mass is 419 g/mol. The van der Waals surface area contributed by atoms with E-state index in [2.05, 4.69) is 0 Å². The zero-order chi connectivity index (χ0) is 21.0. The Hall–Kier alpha value is -3.07. The molecule has 0 saturated carbocycles. The highest BCUT2D eigenvalue weighted by Gasteiger charge is 2.40. The van der Waals surface area contributed by atoms with Crippen LogP contribution in [-0.4, -0.2) is 52.0 Å². The minimum atomic E-state index is -3.90. The van der Waals surface area contributed by atoms with Gasteiger partial charge in [-0.2, -0.15) is 0 Å². The largest absolute Gasteiger partial charge is 0.497 e. The lowest BCUT2D eigenvalue weighted by molar-refractivity contribution is -0.143. The van der Waals surface area contributed by atoms with Crippen LogP contribution in [0.2, 0.25) is 0 Å². The number of carbonyl (C=O) groups is 2. The molecule has 0 bridgehead atoms. The number of rotatable bonds is 8. The van der Waals surface area contributed by atoms with Crippen molar-refractivity contribution >= 4 is 21.9 Å². The fourth-order valence-electron chi connectivity index (χ4n) is 3.02. The molecule has 9 heteroatoms. The van der Waals surface area contributed by atoms with Crippen LogP contribution in [0, 0.1) is 0 Å². The topological polar surface area (TPSA) is 99.2 Å². The van der Waals surface area contributed by atoms with Gasteiger partial charge in [-0.25, -0.2) is 12.7 Å². The number of fused-ring (bicyclic) bond motifs is 1. The molecule has 8 nitrogen and oxygen atoms in total. The van der Waals surface area contributed by atoms with Gasteiger partial charge in [0.05, 0.1) is 26.3 Å². The standard InChI is InChI=1S/C20H21NO7S/c1-26-15-11-14(12-16(13-15)27-2)7-8-19(22)28-10-9-21-20(23)17-5-3-4-6-18(17)29(21,24)25/h3-6,11-13H,7-10H2,1-2H3. The number of sulfonamides is 1. The van der Waals surface area contributed by atoms with E-state index in [1.54, 1.807) is 44.6 Å². The zero-order valence-corrected chi connectivity index (χ0v) is 16.9. The summed E-state index contributed by atoms with van der Waals surface area (Å²) in [5, 5.41) is 0. The van der Waals surface area contributed by atoms with Crippen LogP contribution in [0.1, 0.15) is 22.3 Å². The average molecular weight is 419 g/mol. The number of hydrogen-bond acceptors (Lipinski definition) is 7. The highest BCUT2D eigenvalue weighted by atomic mass is 32.2. The van der Waals surface area contributed by atoms with E-state index in [0.717, 1.165) is 9.87 Å². The molecule has 1 aliphatic heterocycles. The summed E-state index contributed by atoms with van der Waals surface area (Å²) in [7, 11) is -0.819. The summed E-state index contributed by atoms with van der Waals surface area (Å²) in [6.07, 6.45) is 0.496. The summed E-state index contributed by atoms with van der Waals surface area (Å²) < 4.78 is 41.1. The molecule has 3 rings (SSSR count). The second kappa shape index (κ2) is 8.52. The van der Waals surface area contributed by atoms with Gasteiger partial charge in [-0.3, -0.25) is 9.59 Å². The molecule has 0 aromatic heterocycles. The molecular weight excluding hydrogens is 398 g/mol. The molecule has 0 spiro atoms. The fourth-order valence-corrected chi connectivity index (χ4v) is 4.58. The van der Waals surface area contributed by atoms with Gasteiger partial charge in [0, 0.05) is 12.5 Å². The number of esters is 1. The second-order valence-corrected chi connectivity index (χ2v) is 8.15. The van der Waals surface area contributed by atoms with Gasteiger partial charge in [-0.1, -0.05) is 12.1 Å². The van der Waals surface area contributed by atoms with Crippen molar-refractivity contribution in [2.24, 2.45) is 0 Å². The van der Waals surface area contributed by atoms with E-state index in [-0.39, 0.29) is 30.0 Å². The first-order valence-corrected chi connectivity index (χ1v) is 10.3. The molecule has 2 aromatic rings. The minimum absolute atomic E-state index is 0.0247. The predicted octanol–water partition coefficient (Wildman–Crippen LogP) is 2.02. The van der Waals surface area contributed by atoms with Crippen molar-refractivity contribution in [2.75, 3.05) is 27.4 Å². The van der Waals surface area contributed by atoms with Gasteiger partial charge in [0.25, 0.3) is 15.9 Å². The van der Waals surface area contributed by atoms with E-state index in [1.165, 1.54) is 12.1 Å². The van der Waals surface area contributed by atoms with Crippen LogP contribution in [0.25, 0.3) is 0 Å². The lowest BCUT2D eigenvalue weighted by Crippen LogP contribution is -2.33. The SMILES string of the molecule is COc1cc(CCC(=O)OCCN2C(=O)c3ccccc3S2(=O)=O)cc(OC)c1. The average Bonchev–Trinajstić information content (AvgIpc) is 2.92. The normalized spacial score (nSPS) is 14.4. The van der Waals surface area contributed by atoms with Crippen LogP contribution in [-0.2, 0) is 26.0 Å². The summed E-state index contributed by atoms with van der Waals surface area (Å²) in [5.74, 6) is 0.128. The third-order valence-electron chi connectivity index (χ3n) is 4.50. The van der Waals surface area contributed by atoms with E-state index in [9.17, 15) is 18.0 Å². The lowest BCUT2D eigenvalue weighted by Gasteiger charge is -2.15. The van der Waals surface area contributed by atoms with Crippen molar-refractivity contribution in [3.8, 4) is 11.5 Å². The number of carbonyl (C=O) groups excluding carboxylic acids is 2. The molecule has 0 aliphatic carbocycles. The Kier molecular flexibility index (Phi) is 6.07. The summed E-state index contributed by atoms with van der Waals surface area (Å²) in [4.78, 5) is 24.3. The van der Waals surface area contributed by atoms with Gasteiger partial charge in [0.2, 0.25) is 0 Å². The van der Waals surface area contributed by atoms with E-state index < -0.39 is 21.9 Å². The van der Waals surface area contributed by atoms with E-state index in [4.69, 9.17) is 14.2 Å². The van der Waals surface area contributed by atoms with Crippen LogP contribution < -0.4 is 9.47 Å². The fraction of sp³-hybridized carbons (Fsp3) is 0.300. The highest BCUT2D eigenvalue weighted by Crippen LogP contribution is 2.29. The molecule has 0 unspecified atom stereocenters. The quantitative estimate of drug-likeness (QED) is 0.604. The Labute approximate surface area is 169 Å². The number of benzene rings is 2. The summed E-state index contributed by atoms with van der Waals surface area (Å²) in [6.45, 7) is -0.437. The number of amides is 1. The van der Waals surface area contributed by atoms with Crippen LogP contribution >= 0.6 is 0 Å². The van der Waals surface area contributed by atoms with Gasteiger partial charge in [-0.05, 0) is 36.2 Å². The van der Waals surface area contributed by atoms with Crippen molar-refractivity contribution < 1.29 is 32.2 Å². The maximum absolute atomic E-state index is 12.4. The molecule has 1 aliphatic rings. The number of methoxy groups -OCH3 is 2. The number of hydrogen-bond donors (Lipinski definition) is 0. The molecule has 0 atom stereocenters. The number of nitrogens with zero attached hydrogens (tertiary/aromatic N) is 1. The molecule has 154 valence electrons. The van der Waals surface area contributed by atoms with Crippen LogP contribution in [0.15, 0.2) is 47.4 Å². The Morgan fingerprint density at radius 3 is 2.31 bits per heavy atom. The maximum atomic E-state index is 12.4. The third kappa shape index (κ3) is 4.34. The molecule has 1 heterocycles. The van der Waals surface area contributed by atoms with E-state index in [0.29, 0.717) is 17.9 Å². The smallest absolute Gasteiger partial charge is 0.306 e. The highest BCUT2D eigenvalue weighted by molar-refractivity contribution is 7.90. The van der Waals surface area contributed by atoms with Crippen molar-refractivity contribution in [3.05, 3.63) is 53.6 Å². The molecular formula is C20H21NO7S. The Balaban J connectivity index is 1.53. The van der Waals surface area contributed by atoms with Crippen LogP contribution in [0.4, 0.5) is 0 Å². The summed E-state index contributed by atoms with van der Waals surface area (Å²) >= 11 is 0. The molecule has 0 radical (unpaired) electrons. The van der Waals surface area contributed by atoms with Crippen molar-refractivity contribution in [3.63, 3.8) is 0 Å². The number of aryl methyl sites for hydroxylation is 1. The van der Waals surface area contributed by atoms with Gasteiger partial charge in [0.1, 0.15) is 23.0 Å². The molecule has 1 amide bonds. The van der Waals surface area contributed by atoms with Crippen LogP contribution in [0.5, 0.6) is 11.5 Å². The zero-order valence-electron chi connectivity index (χ0n) is 16.1. The molecule has 0 fully saturated rings. The summed E-state index contributed by atoms with van der Waals surface area (Å²) in [5.41, 5.74) is 0.969. The van der Waals surface area contributed by atoms with Gasteiger partial charge in [-0.15, -0.1) is 0 Å². The lowest BCUT2D eigenvalue weighted by atomic mass is 10.1.